The molecule has 0 aliphatic carbocycles. The highest BCUT2D eigenvalue weighted by atomic mass is 35.5. The average molecular weight is 333 g/mol. The summed E-state index contributed by atoms with van der Waals surface area (Å²) in [5.41, 5.74) is 2.87. The Morgan fingerprint density at radius 3 is 2.62 bits per heavy atom. The van der Waals surface area contributed by atoms with Crippen molar-refractivity contribution in [2.45, 2.75) is 6.92 Å². The number of carbonyl (C=O) groups excluding carboxylic acids is 1. The lowest BCUT2D eigenvalue weighted by Crippen LogP contribution is -2.01. The second-order valence-electron chi connectivity index (χ2n) is 5.38. The van der Waals surface area contributed by atoms with Gasteiger partial charge in [0.2, 0.25) is 5.78 Å². The Balaban J connectivity index is 2.09. The molecule has 0 saturated heterocycles. The first-order chi connectivity index (χ1) is 11.6. The van der Waals surface area contributed by atoms with Crippen molar-refractivity contribution in [3.8, 4) is 6.07 Å². The number of pyridine rings is 1. The van der Waals surface area contributed by atoms with E-state index in [1.54, 1.807) is 24.3 Å². The Hall–Kier alpha value is -2.96. The van der Waals surface area contributed by atoms with E-state index in [9.17, 15) is 10.1 Å². The third kappa shape index (κ3) is 3.05. The van der Waals surface area contributed by atoms with Crippen molar-refractivity contribution in [1.29, 1.82) is 5.26 Å². The van der Waals surface area contributed by atoms with Crippen LogP contribution in [-0.2, 0) is 0 Å². The van der Waals surface area contributed by atoms with Crippen LogP contribution in [0.5, 0.6) is 0 Å². The van der Waals surface area contributed by atoms with Crippen LogP contribution in [0.3, 0.4) is 0 Å². The highest BCUT2D eigenvalue weighted by molar-refractivity contribution is 6.31. The fourth-order valence-electron chi connectivity index (χ4n) is 2.49. The minimum absolute atomic E-state index is 0.0249. The number of nitriles is 1. The van der Waals surface area contributed by atoms with E-state index < -0.39 is 0 Å². The molecule has 0 unspecified atom stereocenters. The summed E-state index contributed by atoms with van der Waals surface area (Å²) in [5, 5.41) is 10.5. The molecule has 116 valence electrons. The Bertz CT molecular complexity index is 1000. The number of fused-ring (bicyclic) bond motifs is 1. The molecule has 0 amide bonds. The van der Waals surface area contributed by atoms with Gasteiger partial charge in [-0.05, 0) is 24.6 Å². The quantitative estimate of drug-likeness (QED) is 0.294. The lowest BCUT2D eigenvalue weighted by atomic mass is 10.0. The van der Waals surface area contributed by atoms with Crippen LogP contribution in [0.15, 0.2) is 60.2 Å². The summed E-state index contributed by atoms with van der Waals surface area (Å²) < 4.78 is 0. The third-order valence-electron chi connectivity index (χ3n) is 3.73. The molecule has 0 atom stereocenters. The highest BCUT2D eigenvalue weighted by Gasteiger charge is 2.13. The van der Waals surface area contributed by atoms with Gasteiger partial charge in [0, 0.05) is 16.5 Å². The van der Waals surface area contributed by atoms with Crippen molar-refractivity contribution in [2.24, 2.45) is 0 Å². The van der Waals surface area contributed by atoms with Gasteiger partial charge in [-0.1, -0.05) is 60.1 Å². The van der Waals surface area contributed by atoms with E-state index in [1.165, 1.54) is 6.08 Å². The van der Waals surface area contributed by atoms with Crippen LogP contribution < -0.4 is 0 Å². The Morgan fingerprint density at radius 1 is 1.17 bits per heavy atom. The van der Waals surface area contributed by atoms with Gasteiger partial charge in [0.1, 0.15) is 16.8 Å². The molecule has 3 rings (SSSR count). The van der Waals surface area contributed by atoms with Crippen molar-refractivity contribution in [3.63, 3.8) is 0 Å². The molecule has 1 heterocycles. The fourth-order valence-corrected chi connectivity index (χ4v) is 2.68. The zero-order valence-electron chi connectivity index (χ0n) is 13.0. The molecule has 3 nitrogen and oxygen atoms in total. The molecule has 1 aromatic heterocycles. The van der Waals surface area contributed by atoms with Gasteiger partial charge in [0.15, 0.2) is 0 Å². The maximum Gasteiger partial charge on any atom is 0.203 e. The van der Waals surface area contributed by atoms with E-state index >= 15 is 0 Å². The average Bonchev–Trinajstić information content (AvgIpc) is 2.61. The number of aromatic nitrogens is 1. The van der Waals surface area contributed by atoms with Gasteiger partial charge in [0.05, 0.1) is 5.52 Å². The van der Waals surface area contributed by atoms with E-state index in [1.807, 2.05) is 43.3 Å². The summed E-state index contributed by atoms with van der Waals surface area (Å²) >= 11 is 6.25. The van der Waals surface area contributed by atoms with Crippen LogP contribution in [0.1, 0.15) is 21.5 Å². The molecule has 0 N–H and O–H groups in total. The molecule has 4 heteroatoms. The standard InChI is InChI=1S/C20H13ClN2O/c1-13-6-5-9-15-10-16(20(21)23-18(13)15)11-17(12-22)19(24)14-7-3-2-4-8-14/h2-11H,1H3/b17-11+. The normalized spacial score (nSPS) is 11.3. The molecule has 0 aliphatic heterocycles. The van der Waals surface area contributed by atoms with E-state index in [2.05, 4.69) is 4.98 Å². The number of nitrogens with zero attached hydrogens (tertiary/aromatic N) is 2. The Morgan fingerprint density at radius 2 is 1.92 bits per heavy atom. The maximum absolute atomic E-state index is 12.5. The number of Topliss-reactive ketones (excluding diaryl/α,β-unsaturated/α-hetero) is 1. The van der Waals surface area contributed by atoms with Crippen molar-refractivity contribution in [3.05, 3.63) is 82.0 Å². The van der Waals surface area contributed by atoms with E-state index in [-0.39, 0.29) is 16.5 Å². The zero-order chi connectivity index (χ0) is 17.1. The minimum Gasteiger partial charge on any atom is -0.288 e. The van der Waals surface area contributed by atoms with Gasteiger partial charge in [-0.2, -0.15) is 5.26 Å². The predicted molar refractivity (Wildman–Crippen MR) is 95.9 cm³/mol. The van der Waals surface area contributed by atoms with Gasteiger partial charge in [-0.15, -0.1) is 0 Å². The smallest absolute Gasteiger partial charge is 0.203 e. The number of aryl methyl sites for hydroxylation is 1. The molecule has 0 aliphatic rings. The molecule has 0 saturated carbocycles. The summed E-state index contributed by atoms with van der Waals surface area (Å²) in [4.78, 5) is 16.8. The zero-order valence-corrected chi connectivity index (χ0v) is 13.7. The molecule has 0 radical (unpaired) electrons. The van der Waals surface area contributed by atoms with E-state index in [0.717, 1.165) is 16.5 Å². The predicted octanol–water partition coefficient (Wildman–Crippen LogP) is 4.99. The third-order valence-corrected chi connectivity index (χ3v) is 4.03. The molecule has 24 heavy (non-hydrogen) atoms. The largest absolute Gasteiger partial charge is 0.288 e. The number of halogens is 1. The number of para-hydroxylation sites is 1. The minimum atomic E-state index is -0.335. The summed E-state index contributed by atoms with van der Waals surface area (Å²) in [5.74, 6) is -0.335. The van der Waals surface area contributed by atoms with Crippen molar-refractivity contribution in [2.75, 3.05) is 0 Å². The number of hydrogen-bond donors (Lipinski definition) is 0. The lowest BCUT2D eigenvalue weighted by molar-refractivity contribution is 0.104. The first kappa shape index (κ1) is 15.9. The van der Waals surface area contributed by atoms with Crippen molar-refractivity contribution < 1.29 is 4.79 Å². The number of rotatable bonds is 3. The molecule has 2 aromatic carbocycles. The first-order valence-electron chi connectivity index (χ1n) is 7.37. The van der Waals surface area contributed by atoms with E-state index in [4.69, 9.17) is 11.6 Å². The van der Waals surface area contributed by atoms with Crippen LogP contribution >= 0.6 is 11.6 Å². The number of ketones is 1. The summed E-state index contributed by atoms with van der Waals surface area (Å²) in [6.45, 7) is 1.96. The Kier molecular flexibility index (Phi) is 4.41. The van der Waals surface area contributed by atoms with Gasteiger partial charge >= 0.3 is 0 Å². The van der Waals surface area contributed by atoms with Gasteiger partial charge < -0.3 is 0 Å². The number of allylic oxidation sites excluding steroid dienone is 1. The lowest BCUT2D eigenvalue weighted by Gasteiger charge is -2.05. The van der Waals surface area contributed by atoms with Crippen molar-refractivity contribution in [1.82, 2.24) is 4.98 Å². The highest BCUT2D eigenvalue weighted by Crippen LogP contribution is 2.25. The second-order valence-corrected chi connectivity index (χ2v) is 5.74. The fraction of sp³-hybridized carbons (Fsp3) is 0.0500. The van der Waals surface area contributed by atoms with Crippen LogP contribution in [0.2, 0.25) is 5.15 Å². The number of carbonyl (C=O) groups is 1. The molecular formula is C20H13ClN2O. The summed E-state index contributed by atoms with van der Waals surface area (Å²) in [7, 11) is 0. The topological polar surface area (TPSA) is 53.8 Å². The number of benzene rings is 2. The number of hydrogen-bond acceptors (Lipinski definition) is 3. The van der Waals surface area contributed by atoms with Crippen molar-refractivity contribution >= 4 is 34.4 Å². The van der Waals surface area contributed by atoms with Gasteiger partial charge in [0.25, 0.3) is 0 Å². The van der Waals surface area contributed by atoms with Crippen LogP contribution in [-0.4, -0.2) is 10.8 Å². The van der Waals surface area contributed by atoms with Gasteiger partial charge in [-0.25, -0.2) is 4.98 Å². The first-order valence-corrected chi connectivity index (χ1v) is 7.75. The monoisotopic (exact) mass is 332 g/mol. The second kappa shape index (κ2) is 6.66. The molecule has 0 bridgehead atoms. The maximum atomic E-state index is 12.5. The molecule has 0 spiro atoms. The summed E-state index contributed by atoms with van der Waals surface area (Å²) in [6.07, 6.45) is 1.49. The molecule has 3 aromatic rings. The Labute approximate surface area is 144 Å². The molecular weight excluding hydrogens is 320 g/mol. The summed E-state index contributed by atoms with van der Waals surface area (Å²) in [6, 6.07) is 18.3. The van der Waals surface area contributed by atoms with E-state index in [0.29, 0.717) is 11.1 Å². The van der Waals surface area contributed by atoms with Crippen LogP contribution in [0, 0.1) is 18.3 Å². The van der Waals surface area contributed by atoms with Crippen LogP contribution in [0.4, 0.5) is 0 Å². The molecule has 0 fully saturated rings. The van der Waals surface area contributed by atoms with Gasteiger partial charge in [-0.3, -0.25) is 4.79 Å². The van der Waals surface area contributed by atoms with Crippen LogP contribution in [0.25, 0.3) is 17.0 Å². The SMILES string of the molecule is Cc1cccc2cc(/C=C(\C#N)C(=O)c3ccccc3)c(Cl)nc12.